The van der Waals surface area contributed by atoms with Gasteiger partial charge in [-0.15, -0.1) is 4.65 Å². The molecule has 2 unspecified atom stereocenters. The topological polar surface area (TPSA) is 21.3 Å². The standard InChI is InChI=1S/C15H25N2O/c1-4-5-14-12-17(3,11-10-16-14)18-15-8-6-13(2)7-9-15/h6-9,14,16H,4-5,10-12H2,1-3H3/q+1. The van der Waals surface area contributed by atoms with Crippen LogP contribution in [0.25, 0.3) is 0 Å². The zero-order valence-electron chi connectivity index (χ0n) is 11.8. The smallest absolute Gasteiger partial charge is 0.190 e. The van der Waals surface area contributed by atoms with Crippen molar-refractivity contribution in [3.05, 3.63) is 29.8 Å². The van der Waals surface area contributed by atoms with Crippen molar-refractivity contribution in [1.29, 1.82) is 0 Å². The molecule has 1 N–H and O–H groups in total. The van der Waals surface area contributed by atoms with Gasteiger partial charge in [-0.1, -0.05) is 31.0 Å². The van der Waals surface area contributed by atoms with E-state index in [0.717, 1.165) is 25.4 Å². The number of hydrogen-bond acceptors (Lipinski definition) is 2. The van der Waals surface area contributed by atoms with Crippen LogP contribution in [0.15, 0.2) is 24.3 Å². The number of benzene rings is 1. The fraction of sp³-hybridized carbons (Fsp3) is 0.600. The fourth-order valence-electron chi connectivity index (χ4n) is 2.61. The first-order valence-electron chi connectivity index (χ1n) is 6.95. The number of likely N-dealkylation sites (N-methyl/N-ethyl adjacent to an activating group) is 1. The lowest BCUT2D eigenvalue weighted by atomic mass is 10.1. The number of nitrogens with one attached hydrogen (secondary N) is 1. The van der Waals surface area contributed by atoms with E-state index in [1.807, 2.05) is 0 Å². The van der Waals surface area contributed by atoms with Gasteiger partial charge in [-0.3, -0.25) is 0 Å². The molecule has 1 fully saturated rings. The molecule has 1 aliphatic rings. The fourth-order valence-corrected chi connectivity index (χ4v) is 2.61. The SMILES string of the molecule is CCCC1C[N+](C)(Oc2ccc(C)cc2)CCN1. The second-order valence-corrected chi connectivity index (χ2v) is 5.55. The van der Waals surface area contributed by atoms with Gasteiger partial charge in [0.2, 0.25) is 0 Å². The molecule has 0 aromatic heterocycles. The number of hydroxylamine groups is 3. The van der Waals surface area contributed by atoms with E-state index in [1.165, 1.54) is 18.4 Å². The van der Waals surface area contributed by atoms with Gasteiger partial charge in [0, 0.05) is 6.54 Å². The molecule has 3 nitrogen and oxygen atoms in total. The highest BCUT2D eigenvalue weighted by molar-refractivity contribution is 5.25. The number of rotatable bonds is 4. The lowest BCUT2D eigenvalue weighted by molar-refractivity contribution is -1.07. The molecule has 1 saturated heterocycles. The van der Waals surface area contributed by atoms with Crippen molar-refractivity contribution >= 4 is 0 Å². The summed E-state index contributed by atoms with van der Waals surface area (Å²) in [5.41, 5.74) is 1.27. The molecule has 1 aromatic carbocycles. The Morgan fingerprint density at radius 3 is 2.72 bits per heavy atom. The van der Waals surface area contributed by atoms with E-state index in [-0.39, 0.29) is 0 Å². The van der Waals surface area contributed by atoms with Crippen molar-refractivity contribution in [3.63, 3.8) is 0 Å². The summed E-state index contributed by atoms with van der Waals surface area (Å²) in [6.07, 6.45) is 2.45. The summed E-state index contributed by atoms with van der Waals surface area (Å²) < 4.78 is 0.681. The van der Waals surface area contributed by atoms with Crippen LogP contribution in [0.5, 0.6) is 5.75 Å². The molecule has 2 atom stereocenters. The average Bonchev–Trinajstić information content (AvgIpc) is 2.32. The van der Waals surface area contributed by atoms with Crippen molar-refractivity contribution < 1.29 is 9.48 Å². The Labute approximate surface area is 110 Å². The highest BCUT2D eigenvalue weighted by Gasteiger charge is 2.33. The van der Waals surface area contributed by atoms with Crippen molar-refractivity contribution in [1.82, 2.24) is 5.32 Å². The van der Waals surface area contributed by atoms with Gasteiger partial charge in [0.1, 0.15) is 20.1 Å². The Morgan fingerprint density at radius 2 is 2.06 bits per heavy atom. The third kappa shape index (κ3) is 3.47. The minimum absolute atomic E-state index is 0.583. The number of aryl methyl sites for hydroxylation is 1. The van der Waals surface area contributed by atoms with Crippen molar-refractivity contribution in [2.24, 2.45) is 0 Å². The molecule has 3 heteroatoms. The highest BCUT2D eigenvalue weighted by atomic mass is 16.7. The van der Waals surface area contributed by atoms with Crippen LogP contribution in [-0.2, 0) is 0 Å². The molecule has 18 heavy (non-hydrogen) atoms. The number of piperazine rings is 1. The van der Waals surface area contributed by atoms with Crippen LogP contribution in [0, 0.1) is 6.92 Å². The van der Waals surface area contributed by atoms with Gasteiger partial charge in [0.15, 0.2) is 5.75 Å². The summed E-state index contributed by atoms with van der Waals surface area (Å²) >= 11 is 0. The summed E-state index contributed by atoms with van der Waals surface area (Å²) in [6, 6.07) is 8.92. The van der Waals surface area contributed by atoms with Crippen LogP contribution >= 0.6 is 0 Å². The third-order valence-corrected chi connectivity index (χ3v) is 3.61. The molecule has 0 amide bonds. The van der Waals surface area contributed by atoms with Crippen LogP contribution in [0.1, 0.15) is 25.3 Å². The molecule has 1 aromatic rings. The first-order chi connectivity index (χ1) is 8.61. The van der Waals surface area contributed by atoms with E-state index in [1.54, 1.807) is 0 Å². The van der Waals surface area contributed by atoms with Crippen molar-refractivity contribution in [3.8, 4) is 5.75 Å². The summed E-state index contributed by atoms with van der Waals surface area (Å²) in [7, 11) is 2.18. The van der Waals surface area contributed by atoms with Gasteiger partial charge in [-0.25, -0.2) is 0 Å². The molecule has 0 saturated carbocycles. The molecule has 0 radical (unpaired) electrons. The van der Waals surface area contributed by atoms with E-state index in [9.17, 15) is 0 Å². The minimum atomic E-state index is 0.583. The minimum Gasteiger partial charge on any atom is -0.315 e. The predicted octanol–water partition coefficient (Wildman–Crippen LogP) is 2.51. The van der Waals surface area contributed by atoms with E-state index < -0.39 is 0 Å². The van der Waals surface area contributed by atoms with Gasteiger partial charge in [-0.05, 0) is 25.5 Å². The van der Waals surface area contributed by atoms with Crippen LogP contribution in [0.2, 0.25) is 0 Å². The molecule has 0 bridgehead atoms. The molecule has 1 heterocycles. The first-order valence-corrected chi connectivity index (χ1v) is 6.95. The van der Waals surface area contributed by atoms with Crippen LogP contribution in [0.4, 0.5) is 0 Å². The number of nitrogens with zero attached hydrogens (tertiary/aromatic N) is 1. The number of quaternary nitrogens is 1. The van der Waals surface area contributed by atoms with Crippen LogP contribution in [0.3, 0.4) is 0 Å². The maximum atomic E-state index is 6.17. The second-order valence-electron chi connectivity index (χ2n) is 5.55. The van der Waals surface area contributed by atoms with Crippen molar-refractivity contribution in [2.75, 3.05) is 26.7 Å². The third-order valence-electron chi connectivity index (χ3n) is 3.61. The lowest BCUT2D eigenvalue weighted by Gasteiger charge is -2.39. The summed E-state index contributed by atoms with van der Waals surface area (Å²) in [6.45, 7) is 7.44. The first kappa shape index (κ1) is 13.4. The predicted molar refractivity (Wildman–Crippen MR) is 74.4 cm³/mol. The maximum absolute atomic E-state index is 6.17. The molecule has 0 spiro atoms. The quantitative estimate of drug-likeness (QED) is 0.828. The summed E-state index contributed by atoms with van der Waals surface area (Å²) in [4.78, 5) is 6.17. The van der Waals surface area contributed by atoms with E-state index in [0.29, 0.717) is 10.7 Å². The van der Waals surface area contributed by atoms with E-state index in [4.69, 9.17) is 4.84 Å². The maximum Gasteiger partial charge on any atom is 0.190 e. The number of hydrogen-bond donors (Lipinski definition) is 1. The highest BCUT2D eigenvalue weighted by Crippen LogP contribution is 2.19. The molecule has 100 valence electrons. The van der Waals surface area contributed by atoms with Crippen LogP contribution < -0.4 is 10.2 Å². The van der Waals surface area contributed by atoms with Crippen molar-refractivity contribution in [2.45, 2.75) is 32.7 Å². The Bertz CT molecular complexity index is 375. The molecular formula is C15H25N2O+. The summed E-state index contributed by atoms with van der Waals surface area (Å²) in [5.74, 6) is 0.972. The van der Waals surface area contributed by atoms with E-state index in [2.05, 4.69) is 50.5 Å². The molecular weight excluding hydrogens is 224 g/mol. The molecule has 0 aliphatic carbocycles. The second kappa shape index (κ2) is 5.72. The van der Waals surface area contributed by atoms with Gasteiger partial charge in [-0.2, -0.15) is 0 Å². The summed E-state index contributed by atoms with van der Waals surface area (Å²) in [5, 5.41) is 3.57. The normalized spacial score (nSPS) is 28.1. The average molecular weight is 249 g/mol. The van der Waals surface area contributed by atoms with E-state index >= 15 is 0 Å². The Kier molecular flexibility index (Phi) is 4.25. The van der Waals surface area contributed by atoms with Gasteiger partial charge in [0.25, 0.3) is 0 Å². The monoisotopic (exact) mass is 249 g/mol. The van der Waals surface area contributed by atoms with Gasteiger partial charge < -0.3 is 10.2 Å². The Morgan fingerprint density at radius 1 is 1.33 bits per heavy atom. The molecule has 2 rings (SSSR count). The lowest BCUT2D eigenvalue weighted by Crippen LogP contribution is -2.62. The zero-order chi connectivity index (χ0) is 13.0. The zero-order valence-corrected chi connectivity index (χ0v) is 11.8. The van der Waals surface area contributed by atoms with Gasteiger partial charge >= 0.3 is 0 Å². The largest absolute Gasteiger partial charge is 0.315 e. The van der Waals surface area contributed by atoms with Crippen LogP contribution in [-0.4, -0.2) is 37.4 Å². The Balaban J connectivity index is 1.99. The Hall–Kier alpha value is -1.06. The van der Waals surface area contributed by atoms with Gasteiger partial charge in [0.05, 0.1) is 6.04 Å². The molecule has 1 aliphatic heterocycles.